The maximum Gasteiger partial charge on any atom is 0.265 e. The lowest BCUT2D eigenvalue weighted by Gasteiger charge is -2.38. The van der Waals surface area contributed by atoms with Crippen LogP contribution in [0.2, 0.25) is 0 Å². The van der Waals surface area contributed by atoms with Crippen molar-refractivity contribution >= 4 is 11.6 Å². The van der Waals surface area contributed by atoms with Crippen LogP contribution in [0.4, 0.5) is 5.69 Å². The summed E-state index contributed by atoms with van der Waals surface area (Å²) in [5.74, 6) is 1.76. The molecule has 1 atom stereocenters. The van der Waals surface area contributed by atoms with Gasteiger partial charge in [-0.15, -0.1) is 0 Å². The minimum absolute atomic E-state index is 0.0983. The first kappa shape index (κ1) is 16.9. The molecule has 0 bridgehead atoms. The van der Waals surface area contributed by atoms with Crippen LogP contribution >= 0.6 is 0 Å². The van der Waals surface area contributed by atoms with Gasteiger partial charge in [0.25, 0.3) is 5.91 Å². The molecule has 1 saturated heterocycles. The Hall–Kier alpha value is -2.57. The molecule has 0 spiro atoms. The first-order chi connectivity index (χ1) is 12.8. The van der Waals surface area contributed by atoms with Crippen molar-refractivity contribution < 1.29 is 9.53 Å². The number of benzene rings is 1. The molecule has 0 N–H and O–H groups in total. The molecule has 0 aliphatic carbocycles. The Morgan fingerprint density at radius 1 is 1.23 bits per heavy atom. The van der Waals surface area contributed by atoms with Crippen LogP contribution in [0, 0.1) is 0 Å². The van der Waals surface area contributed by atoms with E-state index >= 15 is 0 Å². The van der Waals surface area contributed by atoms with E-state index in [1.54, 1.807) is 6.33 Å². The second kappa shape index (κ2) is 7.35. The molecule has 1 aromatic carbocycles. The van der Waals surface area contributed by atoms with E-state index in [4.69, 9.17) is 4.74 Å². The summed E-state index contributed by atoms with van der Waals surface area (Å²) in [4.78, 5) is 21.5. The number of nitrogens with zero attached hydrogens (tertiary/aromatic N) is 5. The van der Waals surface area contributed by atoms with Gasteiger partial charge in [-0.05, 0) is 38.3 Å². The molecule has 7 nitrogen and oxygen atoms in total. The lowest BCUT2D eigenvalue weighted by molar-refractivity contribution is -0.139. The Bertz CT molecular complexity index is 769. The zero-order valence-electron chi connectivity index (χ0n) is 15.2. The number of para-hydroxylation sites is 2. The number of aromatic nitrogens is 3. The molecule has 7 heteroatoms. The van der Waals surface area contributed by atoms with E-state index in [0.29, 0.717) is 13.1 Å². The molecular weight excluding hydrogens is 330 g/mol. The zero-order chi connectivity index (χ0) is 17.9. The van der Waals surface area contributed by atoms with Gasteiger partial charge < -0.3 is 14.5 Å². The SMILES string of the molecule is CCn1ncnc1CN1CC(C(=O)N2CCCCC2)Oc2ccccc21. The Balaban J connectivity index is 1.57. The fraction of sp³-hybridized carbons (Fsp3) is 0.526. The number of amides is 1. The van der Waals surface area contributed by atoms with Gasteiger partial charge in [0.15, 0.2) is 6.10 Å². The highest BCUT2D eigenvalue weighted by Gasteiger charge is 2.34. The first-order valence-electron chi connectivity index (χ1n) is 9.42. The van der Waals surface area contributed by atoms with Gasteiger partial charge in [-0.1, -0.05) is 12.1 Å². The standard InChI is InChI=1S/C19H25N5O2/c1-2-24-18(20-14-21-24)13-23-12-17(19(25)22-10-6-3-7-11-22)26-16-9-5-4-8-15(16)23/h4-5,8-9,14,17H,2-3,6-7,10-13H2,1H3. The Morgan fingerprint density at radius 2 is 2.04 bits per heavy atom. The summed E-state index contributed by atoms with van der Waals surface area (Å²) in [6.45, 7) is 5.64. The number of anilines is 1. The van der Waals surface area contributed by atoms with Gasteiger partial charge in [-0.2, -0.15) is 5.10 Å². The lowest BCUT2D eigenvalue weighted by atomic mass is 10.1. The zero-order valence-corrected chi connectivity index (χ0v) is 15.2. The minimum atomic E-state index is -0.471. The topological polar surface area (TPSA) is 63.5 Å². The van der Waals surface area contributed by atoms with Gasteiger partial charge in [-0.25, -0.2) is 9.67 Å². The first-order valence-corrected chi connectivity index (χ1v) is 9.42. The third kappa shape index (κ3) is 3.25. The molecule has 0 radical (unpaired) electrons. The molecule has 1 aromatic heterocycles. The Kier molecular flexibility index (Phi) is 4.77. The van der Waals surface area contributed by atoms with Crippen molar-refractivity contribution in [1.29, 1.82) is 0 Å². The summed E-state index contributed by atoms with van der Waals surface area (Å²) in [6.07, 6.45) is 4.48. The third-order valence-electron chi connectivity index (χ3n) is 5.13. The maximum atomic E-state index is 13.0. The third-order valence-corrected chi connectivity index (χ3v) is 5.13. The Morgan fingerprint density at radius 3 is 2.85 bits per heavy atom. The van der Waals surface area contributed by atoms with E-state index < -0.39 is 6.10 Å². The van der Waals surface area contributed by atoms with Crippen molar-refractivity contribution in [2.75, 3.05) is 24.5 Å². The fourth-order valence-corrected chi connectivity index (χ4v) is 3.75. The predicted molar refractivity (Wildman–Crippen MR) is 98.0 cm³/mol. The van der Waals surface area contributed by atoms with E-state index in [1.807, 2.05) is 40.8 Å². The maximum absolute atomic E-state index is 13.0. The lowest BCUT2D eigenvalue weighted by Crippen LogP contribution is -2.51. The smallest absolute Gasteiger partial charge is 0.265 e. The number of aryl methyl sites for hydroxylation is 1. The van der Waals surface area contributed by atoms with E-state index in [9.17, 15) is 4.79 Å². The second-order valence-electron chi connectivity index (χ2n) is 6.83. The monoisotopic (exact) mass is 355 g/mol. The van der Waals surface area contributed by atoms with Crippen LogP contribution in [0.3, 0.4) is 0 Å². The number of rotatable bonds is 4. The van der Waals surface area contributed by atoms with Crippen molar-refractivity contribution in [3.8, 4) is 5.75 Å². The second-order valence-corrected chi connectivity index (χ2v) is 6.83. The molecule has 2 aliphatic rings. The number of carbonyl (C=O) groups is 1. The number of hydrogen-bond donors (Lipinski definition) is 0. The van der Waals surface area contributed by atoms with Crippen LogP contribution in [0.1, 0.15) is 32.0 Å². The molecule has 1 fully saturated rings. The summed E-state index contributed by atoms with van der Waals surface area (Å²) in [5, 5.41) is 4.26. The van der Waals surface area contributed by atoms with Crippen molar-refractivity contribution in [3.05, 3.63) is 36.4 Å². The Labute approximate surface area is 153 Å². The molecule has 0 saturated carbocycles. The summed E-state index contributed by atoms with van der Waals surface area (Å²) in [6, 6.07) is 7.90. The molecule has 138 valence electrons. The molecule has 1 amide bonds. The van der Waals surface area contributed by atoms with Gasteiger partial charge in [-0.3, -0.25) is 4.79 Å². The van der Waals surface area contributed by atoms with Crippen molar-refractivity contribution in [3.63, 3.8) is 0 Å². The van der Waals surface area contributed by atoms with E-state index in [0.717, 1.165) is 49.7 Å². The highest BCUT2D eigenvalue weighted by Crippen LogP contribution is 2.34. The van der Waals surface area contributed by atoms with Crippen LogP contribution in [-0.4, -0.2) is 51.3 Å². The summed E-state index contributed by atoms with van der Waals surface area (Å²) in [7, 11) is 0. The fourth-order valence-electron chi connectivity index (χ4n) is 3.75. The molecule has 3 heterocycles. The summed E-state index contributed by atoms with van der Waals surface area (Å²) >= 11 is 0. The van der Waals surface area contributed by atoms with Gasteiger partial charge >= 0.3 is 0 Å². The number of piperidine rings is 1. The van der Waals surface area contributed by atoms with E-state index in [1.165, 1.54) is 6.42 Å². The quantitative estimate of drug-likeness (QED) is 0.840. The van der Waals surface area contributed by atoms with Crippen LogP contribution in [-0.2, 0) is 17.9 Å². The van der Waals surface area contributed by atoms with E-state index in [-0.39, 0.29) is 5.91 Å². The van der Waals surface area contributed by atoms with Crippen LogP contribution < -0.4 is 9.64 Å². The average molecular weight is 355 g/mol. The highest BCUT2D eigenvalue weighted by atomic mass is 16.5. The van der Waals surface area contributed by atoms with Crippen molar-refractivity contribution in [2.24, 2.45) is 0 Å². The van der Waals surface area contributed by atoms with Crippen LogP contribution in [0.25, 0.3) is 0 Å². The number of hydrogen-bond acceptors (Lipinski definition) is 5. The largest absolute Gasteiger partial charge is 0.477 e. The average Bonchev–Trinajstić information content (AvgIpc) is 3.15. The molecule has 26 heavy (non-hydrogen) atoms. The van der Waals surface area contributed by atoms with Crippen LogP contribution in [0.15, 0.2) is 30.6 Å². The molecule has 2 aliphatic heterocycles. The molecule has 4 rings (SSSR count). The van der Waals surface area contributed by atoms with Gasteiger partial charge in [0.05, 0.1) is 18.8 Å². The summed E-state index contributed by atoms with van der Waals surface area (Å²) in [5.41, 5.74) is 1.00. The molecule has 1 unspecified atom stereocenters. The highest BCUT2D eigenvalue weighted by molar-refractivity contribution is 5.83. The molecule has 2 aromatic rings. The minimum Gasteiger partial charge on any atom is -0.477 e. The number of likely N-dealkylation sites (tertiary alicyclic amines) is 1. The predicted octanol–water partition coefficient (Wildman–Crippen LogP) is 2.08. The number of ether oxygens (including phenoxy) is 1. The summed E-state index contributed by atoms with van der Waals surface area (Å²) < 4.78 is 7.97. The van der Waals surface area contributed by atoms with Gasteiger partial charge in [0.2, 0.25) is 0 Å². The number of fused-ring (bicyclic) bond motifs is 1. The van der Waals surface area contributed by atoms with Crippen molar-refractivity contribution in [2.45, 2.75) is 45.4 Å². The van der Waals surface area contributed by atoms with E-state index in [2.05, 4.69) is 15.0 Å². The normalized spacial score (nSPS) is 19.8. The van der Waals surface area contributed by atoms with Crippen molar-refractivity contribution in [1.82, 2.24) is 19.7 Å². The van der Waals surface area contributed by atoms with Gasteiger partial charge in [0, 0.05) is 19.6 Å². The van der Waals surface area contributed by atoms with Crippen LogP contribution in [0.5, 0.6) is 5.75 Å². The van der Waals surface area contributed by atoms with Gasteiger partial charge in [0.1, 0.15) is 17.9 Å². The number of carbonyl (C=O) groups excluding carboxylic acids is 1. The molecular formula is C19H25N5O2.